The van der Waals surface area contributed by atoms with Crippen molar-refractivity contribution in [2.75, 3.05) is 33.7 Å². The second kappa shape index (κ2) is 16.8. The van der Waals surface area contributed by atoms with Crippen LogP contribution in [0.3, 0.4) is 0 Å². The molecule has 0 saturated carbocycles. The summed E-state index contributed by atoms with van der Waals surface area (Å²) < 4.78 is 29.1. The Kier molecular flexibility index (Phi) is 13.2. The third-order valence-corrected chi connectivity index (χ3v) is 8.92. The van der Waals surface area contributed by atoms with Gasteiger partial charge in [0, 0.05) is 33.7 Å². The van der Waals surface area contributed by atoms with Gasteiger partial charge in [-0.3, -0.25) is 30.5 Å². The molecule has 4 rings (SSSR count). The second-order valence-electron chi connectivity index (χ2n) is 17.8. The Morgan fingerprint density at radius 1 is 0.807 bits per heavy atom. The van der Waals surface area contributed by atoms with Crippen LogP contribution in [0, 0.1) is 0 Å². The molecule has 320 valence electrons. The Labute approximate surface area is 334 Å². The maximum Gasteiger partial charge on any atom is 0.415 e. The molecule has 6 atom stereocenters. The van der Waals surface area contributed by atoms with Crippen LogP contribution in [0.4, 0.5) is 14.4 Å². The van der Waals surface area contributed by atoms with Gasteiger partial charge in [0.2, 0.25) is 0 Å². The predicted octanol–water partition coefficient (Wildman–Crippen LogP) is 1.89. The molecule has 0 aromatic heterocycles. The number of rotatable bonds is 8. The van der Waals surface area contributed by atoms with Crippen molar-refractivity contribution in [3.05, 3.63) is 11.5 Å². The SMILES string of the molecule is CC(OC(=O)C1CCCN1C(=O)OC(C)(C)C)C(OC(=O)C1CCCN1C(=O)OC(C)(C)C)C1CNC2=C(C(=O)NC(N)(/N=C/N(C)C)N2)N1C(=O)OC(C)(C)C. The topological polar surface area (TPSA) is 236 Å². The highest BCUT2D eigenvalue weighted by Crippen LogP contribution is 2.31. The molecule has 5 N–H and O–H groups in total. The molecule has 57 heavy (non-hydrogen) atoms. The fourth-order valence-corrected chi connectivity index (χ4v) is 6.65. The van der Waals surface area contributed by atoms with E-state index in [1.54, 1.807) is 81.3 Å². The van der Waals surface area contributed by atoms with Gasteiger partial charge in [0.15, 0.2) is 11.8 Å². The van der Waals surface area contributed by atoms with E-state index < -0.39 is 89.2 Å². The zero-order valence-electron chi connectivity index (χ0n) is 35.2. The van der Waals surface area contributed by atoms with Crippen LogP contribution in [0.15, 0.2) is 16.5 Å². The van der Waals surface area contributed by atoms with Crippen LogP contribution >= 0.6 is 0 Å². The number of carbonyl (C=O) groups excluding carboxylic acids is 6. The van der Waals surface area contributed by atoms with Crippen molar-refractivity contribution in [3.63, 3.8) is 0 Å². The molecule has 4 aliphatic rings. The van der Waals surface area contributed by atoms with E-state index in [0.29, 0.717) is 12.8 Å². The summed E-state index contributed by atoms with van der Waals surface area (Å²) in [6.45, 7) is 17.0. The smallest absolute Gasteiger partial charge is 0.415 e. The van der Waals surface area contributed by atoms with Gasteiger partial charge in [-0.1, -0.05) is 0 Å². The molecule has 4 amide bonds. The van der Waals surface area contributed by atoms with Crippen molar-refractivity contribution in [2.24, 2.45) is 10.7 Å². The fourth-order valence-electron chi connectivity index (χ4n) is 6.65. The fraction of sp³-hybridized carbons (Fsp3) is 0.757. The van der Waals surface area contributed by atoms with Gasteiger partial charge in [0.05, 0.1) is 12.4 Å². The van der Waals surface area contributed by atoms with Gasteiger partial charge in [0.1, 0.15) is 40.8 Å². The third-order valence-electron chi connectivity index (χ3n) is 8.92. The van der Waals surface area contributed by atoms with Crippen LogP contribution in [0.5, 0.6) is 0 Å². The first-order valence-corrected chi connectivity index (χ1v) is 19.2. The number of hydrogen-bond donors (Lipinski definition) is 4. The Morgan fingerprint density at radius 2 is 1.28 bits per heavy atom. The molecule has 4 heterocycles. The van der Waals surface area contributed by atoms with Crippen molar-refractivity contribution in [1.82, 2.24) is 35.6 Å². The summed E-state index contributed by atoms with van der Waals surface area (Å²) in [6.07, 6.45) is -2.24. The van der Waals surface area contributed by atoms with Crippen molar-refractivity contribution in [2.45, 2.75) is 148 Å². The Bertz CT molecular complexity index is 1630. The normalized spacial score (nSPS) is 25.1. The van der Waals surface area contributed by atoms with Crippen LogP contribution in [-0.2, 0) is 38.1 Å². The van der Waals surface area contributed by atoms with E-state index >= 15 is 0 Å². The van der Waals surface area contributed by atoms with Crippen LogP contribution in [0.2, 0.25) is 0 Å². The first kappa shape index (κ1) is 44.7. The standard InChI is InChI=1S/C37H61N9O11/c1-21(53-29(48)22-15-13-17-44(22)31(50)55-34(2,3)4)26(54-30(49)23-16-14-18-45(23)32(51)56-35(5,6)7)24-19-39-27-25(46(24)33(52)57-36(8,9)10)28(47)42-37(38,41-27)40-20-43(11)12/h20-24,26,39,41H,13-19,38H2,1-12H3,(H,42,47)/b40-20+. The predicted molar refractivity (Wildman–Crippen MR) is 205 cm³/mol. The number of amides is 4. The molecule has 6 unspecified atom stereocenters. The molecule has 20 nitrogen and oxygen atoms in total. The third kappa shape index (κ3) is 11.5. The van der Waals surface area contributed by atoms with E-state index in [-0.39, 0.29) is 44.0 Å². The quantitative estimate of drug-likeness (QED) is 0.119. The average Bonchev–Trinajstić information content (AvgIpc) is 3.75. The van der Waals surface area contributed by atoms with E-state index in [0.717, 1.165) is 4.90 Å². The highest BCUT2D eigenvalue weighted by molar-refractivity contribution is 5.98. The maximum atomic E-state index is 14.2. The lowest BCUT2D eigenvalue weighted by atomic mass is 10.00. The minimum absolute atomic E-state index is 0.0276. The molecule has 2 saturated heterocycles. The van der Waals surface area contributed by atoms with E-state index in [9.17, 15) is 28.8 Å². The average molecular weight is 808 g/mol. The first-order valence-electron chi connectivity index (χ1n) is 19.2. The highest BCUT2D eigenvalue weighted by Gasteiger charge is 2.51. The van der Waals surface area contributed by atoms with E-state index in [4.69, 9.17) is 29.4 Å². The van der Waals surface area contributed by atoms with Crippen molar-refractivity contribution in [1.29, 1.82) is 0 Å². The van der Waals surface area contributed by atoms with Gasteiger partial charge in [-0.05, 0) is 94.9 Å². The summed E-state index contributed by atoms with van der Waals surface area (Å²) in [6, 6.07) is -3.34. The Hall–Kier alpha value is -5.01. The number of hydrogen-bond acceptors (Lipinski definition) is 15. The summed E-state index contributed by atoms with van der Waals surface area (Å²) in [5, 5.41) is 8.56. The summed E-state index contributed by atoms with van der Waals surface area (Å²) >= 11 is 0. The number of aliphatic imine (C=N–C) groups is 1. The van der Waals surface area contributed by atoms with Crippen molar-refractivity contribution in [3.8, 4) is 0 Å². The van der Waals surface area contributed by atoms with Gasteiger partial charge >= 0.3 is 30.2 Å². The number of nitrogens with zero attached hydrogens (tertiary/aromatic N) is 5. The van der Waals surface area contributed by atoms with Gasteiger partial charge in [0.25, 0.3) is 11.8 Å². The van der Waals surface area contributed by atoms with Gasteiger partial charge in [-0.25, -0.2) is 29.0 Å². The van der Waals surface area contributed by atoms with Gasteiger partial charge in [-0.2, -0.15) is 0 Å². The summed E-state index contributed by atoms with van der Waals surface area (Å²) in [4.78, 5) is 91.9. The lowest BCUT2D eigenvalue weighted by molar-refractivity contribution is -0.177. The highest BCUT2D eigenvalue weighted by atomic mass is 16.6. The molecular formula is C37H61N9O11. The summed E-state index contributed by atoms with van der Waals surface area (Å²) in [7, 11) is 3.43. The molecule has 0 aromatic rings. The molecule has 0 aliphatic carbocycles. The summed E-state index contributed by atoms with van der Waals surface area (Å²) in [5.41, 5.74) is 3.42. The minimum Gasteiger partial charge on any atom is -0.457 e. The minimum atomic E-state index is -1.82. The number of ether oxygens (including phenoxy) is 5. The molecule has 0 bridgehead atoms. The zero-order chi connectivity index (χ0) is 42.8. The molecule has 0 spiro atoms. The van der Waals surface area contributed by atoms with Crippen molar-refractivity contribution >= 4 is 42.5 Å². The van der Waals surface area contributed by atoms with Crippen molar-refractivity contribution < 1.29 is 52.5 Å². The molecule has 0 aromatic carbocycles. The maximum absolute atomic E-state index is 14.2. The lowest BCUT2D eigenvalue weighted by Crippen LogP contribution is -2.73. The molecule has 2 fully saturated rings. The van der Waals surface area contributed by atoms with E-state index in [2.05, 4.69) is 20.9 Å². The van der Waals surface area contributed by atoms with Crippen LogP contribution in [0.25, 0.3) is 0 Å². The molecular weight excluding hydrogens is 746 g/mol. The van der Waals surface area contributed by atoms with Crippen LogP contribution < -0.4 is 21.7 Å². The number of carbonyl (C=O) groups is 6. The number of esters is 2. The number of likely N-dealkylation sites (tertiary alicyclic amines) is 2. The van der Waals surface area contributed by atoms with Crippen LogP contribution in [-0.4, -0.2) is 149 Å². The number of nitrogens with one attached hydrogen (secondary N) is 3. The molecule has 20 heteroatoms. The van der Waals surface area contributed by atoms with Gasteiger partial charge < -0.3 is 39.2 Å². The van der Waals surface area contributed by atoms with E-state index in [1.165, 1.54) is 23.1 Å². The number of nitrogens with two attached hydrogens (primary N) is 1. The van der Waals surface area contributed by atoms with E-state index in [1.807, 2.05) is 0 Å². The summed E-state index contributed by atoms with van der Waals surface area (Å²) in [5.74, 6) is -4.26. The largest absolute Gasteiger partial charge is 0.457 e. The monoisotopic (exact) mass is 807 g/mol. The molecule has 4 aliphatic heterocycles. The zero-order valence-corrected chi connectivity index (χ0v) is 35.2. The Morgan fingerprint density at radius 3 is 1.75 bits per heavy atom. The Balaban J connectivity index is 1.75. The lowest BCUT2D eigenvalue weighted by Gasteiger charge is -2.46. The van der Waals surface area contributed by atoms with Gasteiger partial charge in [-0.15, -0.1) is 0 Å². The molecule has 0 radical (unpaired) electrons. The first-order chi connectivity index (χ1) is 26.2. The second-order valence-corrected chi connectivity index (χ2v) is 17.8. The van der Waals surface area contributed by atoms with Crippen LogP contribution in [0.1, 0.15) is 94.9 Å².